The van der Waals surface area contributed by atoms with Crippen molar-refractivity contribution in [1.82, 2.24) is 25.3 Å². The molecule has 1 aliphatic rings. The second-order valence-corrected chi connectivity index (χ2v) is 6.95. The minimum atomic E-state index is 0. The van der Waals surface area contributed by atoms with E-state index in [4.69, 9.17) is 9.73 Å². The van der Waals surface area contributed by atoms with Crippen molar-refractivity contribution in [3.05, 3.63) is 53.9 Å². The van der Waals surface area contributed by atoms with E-state index in [1.165, 1.54) is 11.1 Å². The van der Waals surface area contributed by atoms with Gasteiger partial charge in [0.05, 0.1) is 26.3 Å². The summed E-state index contributed by atoms with van der Waals surface area (Å²) in [6.07, 6.45) is 4.89. The predicted molar refractivity (Wildman–Crippen MR) is 128 cm³/mol. The van der Waals surface area contributed by atoms with Gasteiger partial charge in [-0.15, -0.1) is 24.0 Å². The van der Waals surface area contributed by atoms with Gasteiger partial charge in [0.2, 0.25) is 0 Å². The van der Waals surface area contributed by atoms with Crippen LogP contribution in [0.1, 0.15) is 24.5 Å². The largest absolute Gasteiger partial charge is 0.379 e. The highest BCUT2D eigenvalue weighted by Crippen LogP contribution is 2.08. The third-order valence-electron chi connectivity index (χ3n) is 4.71. The fourth-order valence-electron chi connectivity index (χ4n) is 3.25. The molecule has 7 nitrogen and oxygen atoms in total. The van der Waals surface area contributed by atoms with Crippen LogP contribution in [0.2, 0.25) is 0 Å². The standard InChI is InChI=1S/C21H32N6O.HI/c1-2-22-21(23-8-4-10-26-12-14-28-15-13-26)24-17-19-6-3-7-20(16-19)18-27-11-5-9-25-27;/h3,5-7,9,11,16H,2,4,8,10,12-15,17-18H2,1H3,(H2,22,23,24);1H. The van der Waals surface area contributed by atoms with E-state index < -0.39 is 0 Å². The second-order valence-electron chi connectivity index (χ2n) is 6.95. The van der Waals surface area contributed by atoms with Gasteiger partial charge in [-0.3, -0.25) is 9.58 Å². The lowest BCUT2D eigenvalue weighted by molar-refractivity contribution is 0.0376. The van der Waals surface area contributed by atoms with Crippen molar-refractivity contribution in [2.75, 3.05) is 45.9 Å². The fourth-order valence-corrected chi connectivity index (χ4v) is 3.25. The molecule has 8 heteroatoms. The maximum atomic E-state index is 5.40. The summed E-state index contributed by atoms with van der Waals surface area (Å²) in [6, 6.07) is 10.5. The van der Waals surface area contributed by atoms with Crippen LogP contribution in [0.4, 0.5) is 0 Å². The van der Waals surface area contributed by atoms with E-state index in [9.17, 15) is 0 Å². The van der Waals surface area contributed by atoms with E-state index in [1.807, 2.05) is 23.1 Å². The zero-order chi connectivity index (χ0) is 19.4. The molecule has 29 heavy (non-hydrogen) atoms. The first-order chi connectivity index (χ1) is 13.8. The molecule has 2 N–H and O–H groups in total. The zero-order valence-corrected chi connectivity index (χ0v) is 19.5. The summed E-state index contributed by atoms with van der Waals surface area (Å²) < 4.78 is 7.33. The highest BCUT2D eigenvalue weighted by atomic mass is 127. The van der Waals surface area contributed by atoms with Crippen LogP contribution in [0.25, 0.3) is 0 Å². The number of nitrogens with zero attached hydrogens (tertiary/aromatic N) is 4. The Bertz CT molecular complexity index is 716. The lowest BCUT2D eigenvalue weighted by atomic mass is 10.1. The van der Waals surface area contributed by atoms with Gasteiger partial charge in [0, 0.05) is 38.6 Å². The summed E-state index contributed by atoms with van der Waals surface area (Å²) in [4.78, 5) is 7.20. The van der Waals surface area contributed by atoms with Crippen LogP contribution < -0.4 is 10.6 Å². The Balaban J connectivity index is 0.00000300. The van der Waals surface area contributed by atoms with Crippen molar-refractivity contribution in [1.29, 1.82) is 0 Å². The van der Waals surface area contributed by atoms with E-state index in [0.717, 1.165) is 64.9 Å². The van der Waals surface area contributed by atoms with Gasteiger partial charge in [0.25, 0.3) is 0 Å². The van der Waals surface area contributed by atoms with Crippen LogP contribution in [0, 0.1) is 0 Å². The quantitative estimate of drug-likeness (QED) is 0.234. The lowest BCUT2D eigenvalue weighted by Gasteiger charge is -2.26. The molecule has 0 bridgehead atoms. The summed E-state index contributed by atoms with van der Waals surface area (Å²) in [5.74, 6) is 0.877. The molecule has 2 aromatic rings. The molecule has 1 fully saturated rings. The topological polar surface area (TPSA) is 66.7 Å². The Kier molecular flexibility index (Phi) is 11.0. The molecular weight excluding hydrogens is 479 g/mol. The molecule has 0 aliphatic carbocycles. The van der Waals surface area contributed by atoms with E-state index in [0.29, 0.717) is 6.54 Å². The molecule has 0 amide bonds. The van der Waals surface area contributed by atoms with Gasteiger partial charge in [-0.2, -0.15) is 5.10 Å². The molecule has 1 aromatic heterocycles. The van der Waals surface area contributed by atoms with Gasteiger partial charge >= 0.3 is 0 Å². The van der Waals surface area contributed by atoms with Gasteiger partial charge in [-0.1, -0.05) is 24.3 Å². The van der Waals surface area contributed by atoms with Crippen LogP contribution >= 0.6 is 24.0 Å². The number of guanidine groups is 1. The minimum absolute atomic E-state index is 0. The third kappa shape index (κ3) is 8.71. The Morgan fingerprint density at radius 2 is 2.00 bits per heavy atom. The van der Waals surface area contributed by atoms with Crippen LogP contribution in [0.3, 0.4) is 0 Å². The third-order valence-corrected chi connectivity index (χ3v) is 4.71. The van der Waals surface area contributed by atoms with Gasteiger partial charge in [-0.25, -0.2) is 4.99 Å². The molecule has 160 valence electrons. The highest BCUT2D eigenvalue weighted by Gasteiger charge is 2.09. The van der Waals surface area contributed by atoms with Crippen LogP contribution in [0.5, 0.6) is 0 Å². The average Bonchev–Trinajstić information content (AvgIpc) is 3.23. The Labute approximate surface area is 190 Å². The van der Waals surface area contributed by atoms with Gasteiger partial charge in [0.1, 0.15) is 0 Å². The monoisotopic (exact) mass is 512 g/mol. The molecule has 1 saturated heterocycles. The van der Waals surface area contributed by atoms with Crippen LogP contribution in [-0.4, -0.2) is 66.6 Å². The first-order valence-corrected chi connectivity index (χ1v) is 10.2. The van der Waals surface area contributed by atoms with Gasteiger partial charge in [0.15, 0.2) is 5.96 Å². The second kappa shape index (κ2) is 13.6. The Morgan fingerprint density at radius 1 is 1.17 bits per heavy atom. The number of rotatable bonds is 9. The molecule has 1 aliphatic heterocycles. The van der Waals surface area contributed by atoms with Crippen LogP contribution in [-0.2, 0) is 17.8 Å². The average molecular weight is 512 g/mol. The molecule has 0 radical (unpaired) electrons. The van der Waals surface area contributed by atoms with Crippen LogP contribution in [0.15, 0.2) is 47.7 Å². The number of hydrogen-bond donors (Lipinski definition) is 2. The van der Waals surface area contributed by atoms with Crippen molar-refractivity contribution in [2.45, 2.75) is 26.4 Å². The predicted octanol–water partition coefficient (Wildman–Crippen LogP) is 2.33. The Morgan fingerprint density at radius 3 is 2.76 bits per heavy atom. The van der Waals surface area contributed by atoms with E-state index in [2.05, 4.69) is 51.8 Å². The number of morpholine rings is 1. The number of aliphatic imine (C=N–C) groups is 1. The maximum absolute atomic E-state index is 5.40. The van der Waals surface area contributed by atoms with E-state index in [1.54, 1.807) is 0 Å². The fraction of sp³-hybridized carbons (Fsp3) is 0.524. The van der Waals surface area contributed by atoms with Crippen molar-refractivity contribution in [3.8, 4) is 0 Å². The number of aromatic nitrogens is 2. The van der Waals surface area contributed by atoms with Crippen molar-refractivity contribution < 1.29 is 4.74 Å². The molecule has 0 saturated carbocycles. The Hall–Kier alpha value is -1.65. The summed E-state index contributed by atoms with van der Waals surface area (Å²) in [7, 11) is 0. The van der Waals surface area contributed by atoms with E-state index >= 15 is 0 Å². The van der Waals surface area contributed by atoms with Gasteiger partial charge < -0.3 is 15.4 Å². The molecule has 0 unspecified atom stereocenters. The summed E-state index contributed by atoms with van der Waals surface area (Å²) >= 11 is 0. The maximum Gasteiger partial charge on any atom is 0.191 e. The van der Waals surface area contributed by atoms with Crippen molar-refractivity contribution in [3.63, 3.8) is 0 Å². The molecule has 2 heterocycles. The molecule has 3 rings (SSSR count). The van der Waals surface area contributed by atoms with Crippen molar-refractivity contribution in [2.24, 2.45) is 4.99 Å². The normalized spacial score (nSPS) is 15.0. The lowest BCUT2D eigenvalue weighted by Crippen LogP contribution is -2.40. The molecule has 0 spiro atoms. The minimum Gasteiger partial charge on any atom is -0.379 e. The zero-order valence-electron chi connectivity index (χ0n) is 17.2. The van der Waals surface area contributed by atoms with E-state index in [-0.39, 0.29) is 24.0 Å². The number of halogens is 1. The smallest absolute Gasteiger partial charge is 0.191 e. The number of hydrogen-bond acceptors (Lipinski definition) is 4. The molecular formula is C21H33IN6O. The van der Waals surface area contributed by atoms with Gasteiger partial charge in [-0.05, 0) is 37.1 Å². The summed E-state index contributed by atoms with van der Waals surface area (Å²) in [5.41, 5.74) is 2.44. The first-order valence-electron chi connectivity index (χ1n) is 10.2. The summed E-state index contributed by atoms with van der Waals surface area (Å²) in [6.45, 7) is 10.2. The number of ether oxygens (including phenoxy) is 1. The SMILES string of the molecule is CCNC(=NCc1cccc(Cn2cccn2)c1)NCCCN1CCOCC1.I. The molecule has 0 atom stereocenters. The van der Waals surface area contributed by atoms with Crippen molar-refractivity contribution >= 4 is 29.9 Å². The summed E-state index contributed by atoms with van der Waals surface area (Å²) in [5, 5.41) is 11.1. The highest BCUT2D eigenvalue weighted by molar-refractivity contribution is 14.0. The number of nitrogens with one attached hydrogen (secondary N) is 2. The molecule has 1 aromatic carbocycles. The number of benzene rings is 1. The first kappa shape index (κ1) is 23.6.